The molecule has 0 heterocycles. The maximum absolute atomic E-state index is 12.4. The van der Waals surface area contributed by atoms with Crippen molar-refractivity contribution in [2.75, 3.05) is 12.4 Å². The number of nitrogens with one attached hydrogen (secondary N) is 1. The Morgan fingerprint density at radius 3 is 2.32 bits per heavy atom. The third-order valence-corrected chi connectivity index (χ3v) is 3.53. The quantitative estimate of drug-likeness (QED) is 0.937. The monoisotopic (exact) mass is 316 g/mol. The van der Waals surface area contributed by atoms with Crippen LogP contribution >= 0.6 is 11.6 Å². The van der Waals surface area contributed by atoms with E-state index in [9.17, 15) is 9.59 Å². The lowest BCUT2D eigenvalue weighted by Crippen LogP contribution is -2.26. The van der Waals surface area contributed by atoms with Gasteiger partial charge in [-0.3, -0.25) is 9.59 Å². The average Bonchev–Trinajstić information content (AvgIpc) is 2.49. The molecule has 2 aromatic carbocycles. The molecule has 0 spiro atoms. The number of nitrogens with zero attached hydrogens (tertiary/aromatic N) is 1. The van der Waals surface area contributed by atoms with Crippen molar-refractivity contribution in [3.63, 3.8) is 0 Å². The van der Waals surface area contributed by atoms with Crippen LogP contribution in [0.5, 0.6) is 0 Å². The van der Waals surface area contributed by atoms with E-state index < -0.39 is 0 Å². The summed E-state index contributed by atoms with van der Waals surface area (Å²) in [5.74, 6) is -0.246. The second-order valence-electron chi connectivity index (χ2n) is 5.01. The zero-order chi connectivity index (χ0) is 16.1. The van der Waals surface area contributed by atoms with E-state index in [1.807, 2.05) is 18.2 Å². The molecule has 2 rings (SSSR count). The summed E-state index contributed by atoms with van der Waals surface area (Å²) in [6, 6.07) is 14.2. The molecule has 1 N–H and O–H groups in total. The molecule has 0 aliphatic heterocycles. The number of halogens is 1. The number of carbonyl (C=O) groups excluding carboxylic acids is 2. The summed E-state index contributed by atoms with van der Waals surface area (Å²) >= 11 is 6.11. The van der Waals surface area contributed by atoms with Crippen molar-refractivity contribution >= 4 is 29.1 Å². The molecule has 2 amide bonds. The van der Waals surface area contributed by atoms with Crippen molar-refractivity contribution in [1.82, 2.24) is 4.90 Å². The van der Waals surface area contributed by atoms with Gasteiger partial charge in [-0.1, -0.05) is 29.8 Å². The van der Waals surface area contributed by atoms with E-state index in [1.54, 1.807) is 42.3 Å². The van der Waals surface area contributed by atoms with Crippen molar-refractivity contribution in [1.29, 1.82) is 0 Å². The molecule has 0 saturated heterocycles. The highest BCUT2D eigenvalue weighted by atomic mass is 35.5. The minimum atomic E-state index is -0.144. The molecule has 0 aromatic heterocycles. The highest BCUT2D eigenvalue weighted by molar-refractivity contribution is 6.31. The lowest BCUT2D eigenvalue weighted by atomic mass is 10.1. The Kier molecular flexibility index (Phi) is 5.17. The molecular weight excluding hydrogens is 300 g/mol. The summed E-state index contributed by atoms with van der Waals surface area (Å²) in [7, 11) is 1.73. The fraction of sp³-hybridized carbons (Fsp3) is 0.176. The zero-order valence-electron chi connectivity index (χ0n) is 12.5. The van der Waals surface area contributed by atoms with Gasteiger partial charge in [0.1, 0.15) is 0 Å². The molecule has 2 aromatic rings. The Morgan fingerprint density at radius 2 is 1.73 bits per heavy atom. The number of benzene rings is 2. The molecule has 0 radical (unpaired) electrons. The van der Waals surface area contributed by atoms with Crippen LogP contribution in [0.4, 0.5) is 5.69 Å². The molecular formula is C17H17ClN2O2. The van der Waals surface area contributed by atoms with Gasteiger partial charge >= 0.3 is 0 Å². The van der Waals surface area contributed by atoms with Gasteiger partial charge in [-0.05, 0) is 35.9 Å². The Balaban J connectivity index is 2.07. The standard InChI is InChI=1S/C17H17ClN2O2/c1-12(21)19-15-9-7-13(8-10-15)17(22)20(2)11-14-5-3-4-6-16(14)18/h3-10H,11H2,1-2H3,(H,19,21). The maximum Gasteiger partial charge on any atom is 0.253 e. The Hall–Kier alpha value is -2.33. The van der Waals surface area contributed by atoms with Crippen LogP contribution in [-0.2, 0) is 11.3 Å². The first-order chi connectivity index (χ1) is 10.5. The van der Waals surface area contributed by atoms with Crippen molar-refractivity contribution in [2.45, 2.75) is 13.5 Å². The van der Waals surface area contributed by atoms with Crippen molar-refractivity contribution in [3.05, 3.63) is 64.7 Å². The first kappa shape index (κ1) is 16.0. The van der Waals surface area contributed by atoms with Crippen LogP contribution in [0.2, 0.25) is 5.02 Å². The lowest BCUT2D eigenvalue weighted by Gasteiger charge is -2.18. The summed E-state index contributed by atoms with van der Waals surface area (Å²) in [5, 5.41) is 3.31. The SMILES string of the molecule is CC(=O)Nc1ccc(C(=O)N(C)Cc2ccccc2Cl)cc1. The summed E-state index contributed by atoms with van der Waals surface area (Å²) in [6.07, 6.45) is 0. The van der Waals surface area contributed by atoms with E-state index in [0.29, 0.717) is 22.8 Å². The second kappa shape index (κ2) is 7.09. The largest absolute Gasteiger partial charge is 0.337 e. The normalized spacial score (nSPS) is 10.1. The van der Waals surface area contributed by atoms with Crippen LogP contribution < -0.4 is 5.32 Å². The summed E-state index contributed by atoms with van der Waals surface area (Å²) in [4.78, 5) is 25.0. The minimum Gasteiger partial charge on any atom is -0.337 e. The van der Waals surface area contributed by atoms with Crippen LogP contribution in [-0.4, -0.2) is 23.8 Å². The van der Waals surface area contributed by atoms with Crippen LogP contribution in [0.1, 0.15) is 22.8 Å². The van der Waals surface area contributed by atoms with Gasteiger partial charge in [0.25, 0.3) is 5.91 Å². The van der Waals surface area contributed by atoms with Crippen LogP contribution in [0.3, 0.4) is 0 Å². The first-order valence-electron chi connectivity index (χ1n) is 6.84. The Labute approximate surface area is 134 Å². The molecule has 0 fully saturated rings. The lowest BCUT2D eigenvalue weighted by molar-refractivity contribution is -0.114. The van der Waals surface area contributed by atoms with E-state index >= 15 is 0 Å². The number of hydrogen-bond acceptors (Lipinski definition) is 2. The van der Waals surface area contributed by atoms with Gasteiger partial charge in [-0.2, -0.15) is 0 Å². The third kappa shape index (κ3) is 4.09. The molecule has 5 heteroatoms. The van der Waals surface area contributed by atoms with Crippen LogP contribution in [0.25, 0.3) is 0 Å². The van der Waals surface area contributed by atoms with E-state index in [4.69, 9.17) is 11.6 Å². The predicted octanol–water partition coefficient (Wildman–Crippen LogP) is 3.57. The fourth-order valence-electron chi connectivity index (χ4n) is 2.07. The van der Waals surface area contributed by atoms with Gasteiger partial charge in [-0.25, -0.2) is 0 Å². The molecule has 4 nitrogen and oxygen atoms in total. The van der Waals surface area contributed by atoms with Gasteiger partial charge in [0.15, 0.2) is 0 Å². The number of rotatable bonds is 4. The highest BCUT2D eigenvalue weighted by Crippen LogP contribution is 2.18. The first-order valence-corrected chi connectivity index (χ1v) is 7.21. The summed E-state index contributed by atoms with van der Waals surface area (Å²) in [6.45, 7) is 1.88. The van der Waals surface area contributed by atoms with E-state index in [0.717, 1.165) is 5.56 Å². The number of amides is 2. The molecule has 114 valence electrons. The van der Waals surface area contributed by atoms with Gasteiger partial charge < -0.3 is 10.2 Å². The van der Waals surface area contributed by atoms with Gasteiger partial charge in [0.2, 0.25) is 5.91 Å². The van der Waals surface area contributed by atoms with Crippen molar-refractivity contribution in [3.8, 4) is 0 Å². The van der Waals surface area contributed by atoms with E-state index in [-0.39, 0.29) is 11.8 Å². The molecule has 0 saturated carbocycles. The van der Waals surface area contributed by atoms with Gasteiger partial charge in [-0.15, -0.1) is 0 Å². The van der Waals surface area contributed by atoms with Crippen LogP contribution in [0, 0.1) is 0 Å². The molecule has 0 aliphatic rings. The number of hydrogen-bond donors (Lipinski definition) is 1. The Morgan fingerprint density at radius 1 is 1.09 bits per heavy atom. The topological polar surface area (TPSA) is 49.4 Å². The molecule has 22 heavy (non-hydrogen) atoms. The molecule has 0 atom stereocenters. The van der Waals surface area contributed by atoms with E-state index in [1.165, 1.54) is 6.92 Å². The number of anilines is 1. The fourth-order valence-corrected chi connectivity index (χ4v) is 2.27. The zero-order valence-corrected chi connectivity index (χ0v) is 13.2. The third-order valence-electron chi connectivity index (χ3n) is 3.16. The van der Waals surface area contributed by atoms with Gasteiger partial charge in [0.05, 0.1) is 0 Å². The van der Waals surface area contributed by atoms with Crippen LogP contribution in [0.15, 0.2) is 48.5 Å². The van der Waals surface area contributed by atoms with Gasteiger partial charge in [0, 0.05) is 36.8 Å². The number of carbonyl (C=O) groups is 2. The minimum absolute atomic E-state index is 0.103. The smallest absolute Gasteiger partial charge is 0.253 e. The summed E-state index contributed by atoms with van der Waals surface area (Å²) in [5.41, 5.74) is 2.12. The summed E-state index contributed by atoms with van der Waals surface area (Å²) < 4.78 is 0. The van der Waals surface area contributed by atoms with Crippen molar-refractivity contribution < 1.29 is 9.59 Å². The molecule has 0 aliphatic carbocycles. The average molecular weight is 317 g/mol. The van der Waals surface area contributed by atoms with Crippen molar-refractivity contribution in [2.24, 2.45) is 0 Å². The molecule has 0 unspecified atom stereocenters. The maximum atomic E-state index is 12.4. The predicted molar refractivity (Wildman–Crippen MR) is 88.0 cm³/mol. The highest BCUT2D eigenvalue weighted by Gasteiger charge is 2.13. The molecule has 0 bridgehead atoms. The second-order valence-corrected chi connectivity index (χ2v) is 5.42. The van der Waals surface area contributed by atoms with E-state index in [2.05, 4.69) is 5.32 Å². The Bertz CT molecular complexity index is 683.